The standard InChI is InChI=1S/C20H13N3O2S2/c24-20(25)17-18(13-6-2-1-3-7-13)27-16(23-17)10-9-14-12-26-19(22-14)15-8-4-5-11-21-15/h1-12H,(H,24,25)/b10-9+. The van der Waals surface area contributed by atoms with Gasteiger partial charge in [0.05, 0.1) is 16.3 Å². The van der Waals surface area contributed by atoms with Gasteiger partial charge in [-0.25, -0.2) is 14.8 Å². The lowest BCUT2D eigenvalue weighted by molar-refractivity contribution is 0.0692. The number of aromatic carboxylic acids is 1. The molecule has 0 fully saturated rings. The molecule has 3 aromatic heterocycles. The number of hydrogen-bond acceptors (Lipinski definition) is 6. The predicted molar refractivity (Wildman–Crippen MR) is 109 cm³/mol. The highest BCUT2D eigenvalue weighted by Gasteiger charge is 2.17. The Hall–Kier alpha value is -3.16. The molecule has 4 rings (SSSR count). The second kappa shape index (κ2) is 7.61. The van der Waals surface area contributed by atoms with Gasteiger partial charge in [0.15, 0.2) is 5.69 Å². The zero-order valence-corrected chi connectivity index (χ0v) is 15.6. The van der Waals surface area contributed by atoms with Gasteiger partial charge >= 0.3 is 5.97 Å². The van der Waals surface area contributed by atoms with E-state index in [2.05, 4.69) is 15.0 Å². The third-order valence-corrected chi connectivity index (χ3v) is 5.64. The number of rotatable bonds is 5. The quantitative estimate of drug-likeness (QED) is 0.506. The van der Waals surface area contributed by atoms with Crippen molar-refractivity contribution in [1.82, 2.24) is 15.0 Å². The highest BCUT2D eigenvalue weighted by molar-refractivity contribution is 7.16. The molecule has 0 aliphatic heterocycles. The molecule has 5 nitrogen and oxygen atoms in total. The molecule has 0 saturated carbocycles. The Bertz CT molecular complexity index is 1100. The van der Waals surface area contributed by atoms with Crippen LogP contribution >= 0.6 is 22.7 Å². The van der Waals surface area contributed by atoms with E-state index in [9.17, 15) is 9.90 Å². The van der Waals surface area contributed by atoms with Crippen molar-refractivity contribution in [1.29, 1.82) is 0 Å². The third kappa shape index (κ3) is 3.84. The van der Waals surface area contributed by atoms with Gasteiger partial charge in [-0.3, -0.25) is 4.98 Å². The van der Waals surface area contributed by atoms with Crippen molar-refractivity contribution >= 4 is 40.8 Å². The highest BCUT2D eigenvalue weighted by Crippen LogP contribution is 2.31. The van der Waals surface area contributed by atoms with E-state index in [0.29, 0.717) is 9.88 Å². The summed E-state index contributed by atoms with van der Waals surface area (Å²) in [6, 6.07) is 15.1. The number of pyridine rings is 1. The van der Waals surface area contributed by atoms with E-state index in [1.165, 1.54) is 22.7 Å². The summed E-state index contributed by atoms with van der Waals surface area (Å²) in [6.45, 7) is 0. The van der Waals surface area contributed by atoms with Gasteiger partial charge in [0, 0.05) is 11.6 Å². The molecule has 0 atom stereocenters. The van der Waals surface area contributed by atoms with Crippen molar-refractivity contribution in [3.8, 4) is 21.1 Å². The summed E-state index contributed by atoms with van der Waals surface area (Å²) in [5.41, 5.74) is 2.53. The average molecular weight is 391 g/mol. The van der Waals surface area contributed by atoms with E-state index >= 15 is 0 Å². The smallest absolute Gasteiger partial charge is 0.356 e. The van der Waals surface area contributed by atoms with Gasteiger partial charge < -0.3 is 5.11 Å². The SMILES string of the molecule is O=C(O)c1nc(/C=C/c2csc(-c3ccccn3)n2)sc1-c1ccccc1. The first-order valence-corrected chi connectivity index (χ1v) is 9.75. The molecule has 4 aromatic rings. The highest BCUT2D eigenvalue weighted by atomic mass is 32.1. The number of nitrogens with zero attached hydrogens (tertiary/aromatic N) is 3. The molecule has 0 radical (unpaired) electrons. The van der Waals surface area contributed by atoms with Gasteiger partial charge in [0.2, 0.25) is 0 Å². The van der Waals surface area contributed by atoms with Crippen LogP contribution in [0.4, 0.5) is 0 Å². The summed E-state index contributed by atoms with van der Waals surface area (Å²) in [6.07, 6.45) is 5.36. The largest absolute Gasteiger partial charge is 0.476 e. The second-order valence-corrected chi connectivity index (χ2v) is 7.42. The molecule has 132 valence electrons. The number of carbonyl (C=O) groups is 1. The summed E-state index contributed by atoms with van der Waals surface area (Å²) < 4.78 is 0. The van der Waals surface area contributed by atoms with Gasteiger partial charge in [0.25, 0.3) is 0 Å². The topological polar surface area (TPSA) is 76.0 Å². The molecule has 0 spiro atoms. The first-order chi connectivity index (χ1) is 13.2. The minimum absolute atomic E-state index is 0.0679. The Morgan fingerprint density at radius 3 is 2.56 bits per heavy atom. The minimum Gasteiger partial charge on any atom is -0.476 e. The lowest BCUT2D eigenvalue weighted by Gasteiger charge is -1.97. The van der Waals surface area contributed by atoms with Crippen LogP contribution in [0.5, 0.6) is 0 Å². The molecule has 0 aliphatic carbocycles. The van der Waals surface area contributed by atoms with Crippen molar-refractivity contribution < 1.29 is 9.90 Å². The van der Waals surface area contributed by atoms with Crippen LogP contribution in [0.3, 0.4) is 0 Å². The van der Waals surface area contributed by atoms with E-state index in [1.54, 1.807) is 12.3 Å². The van der Waals surface area contributed by atoms with Gasteiger partial charge in [-0.15, -0.1) is 22.7 Å². The molecule has 27 heavy (non-hydrogen) atoms. The van der Waals surface area contributed by atoms with Crippen molar-refractivity contribution in [3.05, 3.63) is 76.5 Å². The molecule has 0 bridgehead atoms. The lowest BCUT2D eigenvalue weighted by atomic mass is 10.1. The Morgan fingerprint density at radius 2 is 1.81 bits per heavy atom. The fraction of sp³-hybridized carbons (Fsp3) is 0. The average Bonchev–Trinajstić information content (AvgIpc) is 3.35. The van der Waals surface area contributed by atoms with Crippen LogP contribution in [0.1, 0.15) is 21.2 Å². The van der Waals surface area contributed by atoms with E-state index < -0.39 is 5.97 Å². The Kier molecular flexibility index (Phi) is 4.86. The molecular formula is C20H13N3O2S2. The molecule has 0 unspecified atom stereocenters. The summed E-state index contributed by atoms with van der Waals surface area (Å²) in [5, 5.41) is 12.9. The van der Waals surface area contributed by atoms with Crippen LogP contribution in [0, 0.1) is 0 Å². The van der Waals surface area contributed by atoms with Crippen LogP contribution < -0.4 is 0 Å². The monoisotopic (exact) mass is 391 g/mol. The molecule has 0 aliphatic rings. The van der Waals surface area contributed by atoms with Crippen LogP contribution in [0.2, 0.25) is 0 Å². The van der Waals surface area contributed by atoms with E-state index in [1.807, 2.05) is 60.0 Å². The van der Waals surface area contributed by atoms with E-state index in [-0.39, 0.29) is 5.69 Å². The van der Waals surface area contributed by atoms with Gasteiger partial charge in [-0.1, -0.05) is 36.4 Å². The molecular weight excluding hydrogens is 378 g/mol. The molecule has 0 amide bonds. The van der Waals surface area contributed by atoms with E-state index in [0.717, 1.165) is 22.0 Å². The number of benzene rings is 1. The second-order valence-electron chi connectivity index (χ2n) is 5.53. The Balaban J connectivity index is 1.62. The number of hydrogen-bond donors (Lipinski definition) is 1. The van der Waals surface area contributed by atoms with Crippen LogP contribution in [-0.4, -0.2) is 26.0 Å². The van der Waals surface area contributed by atoms with Gasteiger partial charge in [-0.2, -0.15) is 0 Å². The summed E-state index contributed by atoms with van der Waals surface area (Å²) >= 11 is 2.86. The van der Waals surface area contributed by atoms with Crippen LogP contribution in [0.25, 0.3) is 33.3 Å². The lowest BCUT2D eigenvalue weighted by Crippen LogP contribution is -1.98. The zero-order valence-electron chi connectivity index (χ0n) is 13.9. The first-order valence-electron chi connectivity index (χ1n) is 8.05. The number of carboxylic acid groups (broad SMARTS) is 1. The summed E-state index contributed by atoms with van der Waals surface area (Å²) in [4.78, 5) is 25.3. The fourth-order valence-electron chi connectivity index (χ4n) is 2.46. The maximum absolute atomic E-state index is 11.5. The number of aromatic nitrogens is 3. The summed E-state index contributed by atoms with van der Waals surface area (Å²) in [5.74, 6) is -1.03. The molecule has 3 heterocycles. The van der Waals surface area contributed by atoms with Crippen molar-refractivity contribution in [2.24, 2.45) is 0 Å². The third-order valence-electron chi connectivity index (χ3n) is 3.68. The predicted octanol–water partition coefficient (Wildman–Crippen LogP) is 5.20. The summed E-state index contributed by atoms with van der Waals surface area (Å²) in [7, 11) is 0. The van der Waals surface area contributed by atoms with E-state index in [4.69, 9.17) is 0 Å². The zero-order chi connectivity index (χ0) is 18.6. The van der Waals surface area contributed by atoms with Crippen molar-refractivity contribution in [2.75, 3.05) is 0 Å². The molecule has 1 N–H and O–H groups in total. The number of carboxylic acids is 1. The maximum atomic E-state index is 11.5. The van der Waals surface area contributed by atoms with Crippen molar-refractivity contribution in [2.45, 2.75) is 0 Å². The minimum atomic E-state index is -1.03. The van der Waals surface area contributed by atoms with Gasteiger partial charge in [-0.05, 0) is 29.8 Å². The number of thiazole rings is 2. The molecule has 7 heteroatoms. The maximum Gasteiger partial charge on any atom is 0.356 e. The van der Waals surface area contributed by atoms with Crippen LogP contribution in [-0.2, 0) is 0 Å². The first kappa shape index (κ1) is 17.3. The normalized spacial score (nSPS) is 11.1. The van der Waals surface area contributed by atoms with Crippen molar-refractivity contribution in [3.63, 3.8) is 0 Å². The van der Waals surface area contributed by atoms with Gasteiger partial charge in [0.1, 0.15) is 10.0 Å². The molecule has 1 aromatic carbocycles. The van der Waals surface area contributed by atoms with Crippen LogP contribution in [0.15, 0.2) is 60.1 Å². The Morgan fingerprint density at radius 1 is 1.00 bits per heavy atom. The molecule has 0 saturated heterocycles. The Labute approximate surface area is 163 Å². The fourth-order valence-corrected chi connectivity index (χ4v) is 4.19.